The molecule has 266 valence electrons. The van der Waals surface area contributed by atoms with Gasteiger partial charge in [-0.25, -0.2) is 0 Å². The summed E-state index contributed by atoms with van der Waals surface area (Å²) in [5.74, 6) is -1.48. The minimum atomic E-state index is -0.378. The Morgan fingerprint density at radius 2 is 0.800 bits per heavy atom. The quantitative estimate of drug-likeness (QED) is 0.0634. The maximum Gasteiger partial charge on any atom is 0.267 e. The Hall–Kier alpha value is -4.98. The van der Waals surface area contributed by atoms with Gasteiger partial charge in [0.15, 0.2) is 0 Å². The van der Waals surface area contributed by atoms with Crippen molar-refractivity contribution < 1.29 is 19.2 Å². The lowest BCUT2D eigenvalue weighted by Gasteiger charge is -2.12. The Morgan fingerprint density at radius 1 is 0.460 bits per heavy atom. The summed E-state index contributed by atoms with van der Waals surface area (Å²) in [4.78, 5) is 52.5. The summed E-state index contributed by atoms with van der Waals surface area (Å²) in [6, 6.07) is 24.7. The molecule has 0 unspecified atom stereocenters. The number of hydrogen-bond donors (Lipinski definition) is 4. The van der Waals surface area contributed by atoms with Crippen molar-refractivity contribution in [2.24, 2.45) is 0 Å². The second-order valence-electron chi connectivity index (χ2n) is 12.5. The summed E-state index contributed by atoms with van der Waals surface area (Å²) in [5, 5.41) is 11.5. The summed E-state index contributed by atoms with van der Waals surface area (Å²) in [6.45, 7) is 5.41. The van der Waals surface area contributed by atoms with Crippen LogP contribution in [0, 0.1) is 0 Å². The second kappa shape index (κ2) is 23.4. The number of carbonyl (C=O) groups is 4. The lowest BCUT2D eigenvalue weighted by molar-refractivity contribution is -0.118. The largest absolute Gasteiger partial charge is 0.351 e. The van der Waals surface area contributed by atoms with Gasteiger partial charge in [-0.2, -0.15) is 0 Å². The molecule has 4 N–H and O–H groups in total. The van der Waals surface area contributed by atoms with Crippen LogP contribution in [-0.4, -0.2) is 36.7 Å². The maximum absolute atomic E-state index is 13.2. The van der Waals surface area contributed by atoms with Crippen LogP contribution in [0.4, 0.5) is 0 Å². The molecule has 0 saturated heterocycles. The van der Waals surface area contributed by atoms with Gasteiger partial charge in [0.2, 0.25) is 0 Å². The highest BCUT2D eigenvalue weighted by atomic mass is 16.2. The molecule has 0 fully saturated rings. The zero-order chi connectivity index (χ0) is 35.8. The van der Waals surface area contributed by atoms with E-state index in [0.717, 1.165) is 38.5 Å². The van der Waals surface area contributed by atoms with Gasteiger partial charge in [-0.05, 0) is 60.4 Å². The van der Waals surface area contributed by atoms with Crippen molar-refractivity contribution in [1.29, 1.82) is 0 Å². The monoisotopic (exact) mass is 678 g/mol. The van der Waals surface area contributed by atoms with Gasteiger partial charge in [0.1, 0.15) is 11.4 Å². The molecule has 0 bridgehead atoms. The topological polar surface area (TPSA) is 116 Å². The third kappa shape index (κ3) is 15.1. The van der Waals surface area contributed by atoms with E-state index in [2.05, 4.69) is 35.1 Å². The van der Waals surface area contributed by atoms with Crippen molar-refractivity contribution in [3.63, 3.8) is 0 Å². The molecule has 0 heterocycles. The average molecular weight is 679 g/mol. The van der Waals surface area contributed by atoms with Gasteiger partial charge in [-0.3, -0.25) is 19.2 Å². The van der Waals surface area contributed by atoms with Crippen molar-refractivity contribution >= 4 is 35.8 Å². The Balaban J connectivity index is 1.76. The predicted octanol–water partition coefficient (Wildman–Crippen LogP) is 8.18. The molecule has 3 rings (SSSR count). The van der Waals surface area contributed by atoms with E-state index >= 15 is 0 Å². The highest BCUT2D eigenvalue weighted by molar-refractivity contribution is 6.06. The Kier molecular flexibility index (Phi) is 18.5. The number of amides is 4. The summed E-state index contributed by atoms with van der Waals surface area (Å²) in [5.41, 5.74) is 2.53. The molecule has 0 aromatic heterocycles. The molecule has 0 aliphatic carbocycles. The van der Waals surface area contributed by atoms with Gasteiger partial charge in [-0.1, -0.05) is 139 Å². The van der Waals surface area contributed by atoms with Gasteiger partial charge in [0, 0.05) is 24.2 Å². The van der Waals surface area contributed by atoms with Crippen LogP contribution in [-0.2, 0) is 9.59 Å². The van der Waals surface area contributed by atoms with Crippen LogP contribution in [0.15, 0.2) is 96.3 Å². The Labute approximate surface area is 298 Å². The summed E-state index contributed by atoms with van der Waals surface area (Å²) in [7, 11) is 0. The lowest BCUT2D eigenvalue weighted by Crippen LogP contribution is -2.35. The fourth-order valence-electron chi connectivity index (χ4n) is 5.31. The van der Waals surface area contributed by atoms with Crippen LogP contribution in [0.5, 0.6) is 0 Å². The molecule has 3 aromatic carbocycles. The second-order valence-corrected chi connectivity index (χ2v) is 12.5. The van der Waals surface area contributed by atoms with Crippen molar-refractivity contribution in [3.8, 4) is 0 Å². The molecular formula is C42H54N4O4. The molecule has 8 heteroatoms. The van der Waals surface area contributed by atoms with E-state index in [1.54, 1.807) is 84.9 Å². The van der Waals surface area contributed by atoms with Crippen LogP contribution in [0.25, 0.3) is 12.2 Å². The number of unbranched alkanes of at least 4 members (excludes halogenated alkanes) is 10. The molecule has 0 radical (unpaired) electrons. The first-order valence-electron chi connectivity index (χ1n) is 18.2. The number of nitrogens with one attached hydrogen (secondary N) is 4. The highest BCUT2D eigenvalue weighted by Crippen LogP contribution is 2.14. The minimum Gasteiger partial charge on any atom is -0.351 e. The molecule has 0 atom stereocenters. The fraction of sp³-hybridized carbons (Fsp3) is 0.381. The molecule has 4 amide bonds. The average Bonchev–Trinajstić information content (AvgIpc) is 3.14. The first kappa shape index (κ1) is 39.5. The summed E-state index contributed by atoms with van der Waals surface area (Å²) >= 11 is 0. The fourth-order valence-corrected chi connectivity index (χ4v) is 5.31. The third-order valence-corrected chi connectivity index (χ3v) is 8.25. The van der Waals surface area contributed by atoms with Crippen LogP contribution in [0.1, 0.15) is 123 Å². The van der Waals surface area contributed by atoms with Crippen molar-refractivity contribution in [2.75, 3.05) is 13.1 Å². The van der Waals surface area contributed by atoms with Crippen molar-refractivity contribution in [2.45, 2.75) is 90.9 Å². The molecule has 0 aliphatic heterocycles. The van der Waals surface area contributed by atoms with Gasteiger partial charge in [0.25, 0.3) is 23.6 Å². The van der Waals surface area contributed by atoms with Crippen molar-refractivity contribution in [3.05, 3.63) is 119 Å². The lowest BCUT2D eigenvalue weighted by atomic mass is 10.1. The van der Waals surface area contributed by atoms with Crippen LogP contribution >= 0.6 is 0 Å². The van der Waals surface area contributed by atoms with E-state index < -0.39 is 0 Å². The molecule has 0 saturated carbocycles. The number of carbonyl (C=O) groups excluding carboxylic acids is 4. The highest BCUT2D eigenvalue weighted by Gasteiger charge is 2.16. The van der Waals surface area contributed by atoms with E-state index in [0.29, 0.717) is 35.3 Å². The first-order valence-corrected chi connectivity index (χ1v) is 18.2. The van der Waals surface area contributed by atoms with Crippen LogP contribution < -0.4 is 21.3 Å². The number of benzene rings is 3. The van der Waals surface area contributed by atoms with E-state index in [4.69, 9.17) is 0 Å². The summed E-state index contributed by atoms with van der Waals surface area (Å²) in [6.07, 6.45) is 16.5. The standard InChI is InChI=1S/C42H54N4O4/c1-3-5-7-9-11-19-29-43-41(49)37(45-39(47)35-21-15-13-16-22-35)31-33-25-27-34(28-26-33)32-38(46-40(48)36-23-17-14-18-24-36)42(50)44-30-20-12-10-8-6-4-2/h13-18,21-28,31-32H,3-12,19-20,29-30H2,1-2H3,(H,43,49)(H,44,50)(H,45,47)(H,46,48)/b37-31-,38-32+. The zero-order valence-electron chi connectivity index (χ0n) is 29.8. The van der Waals surface area contributed by atoms with Crippen molar-refractivity contribution in [1.82, 2.24) is 21.3 Å². The molecule has 0 aliphatic rings. The van der Waals surface area contributed by atoms with E-state index in [-0.39, 0.29) is 35.0 Å². The van der Waals surface area contributed by atoms with Gasteiger partial charge < -0.3 is 21.3 Å². The van der Waals surface area contributed by atoms with Gasteiger partial charge in [0.05, 0.1) is 0 Å². The first-order chi connectivity index (χ1) is 24.4. The maximum atomic E-state index is 13.2. The third-order valence-electron chi connectivity index (χ3n) is 8.25. The zero-order valence-corrected chi connectivity index (χ0v) is 29.8. The molecular weight excluding hydrogens is 624 g/mol. The molecule has 0 spiro atoms. The molecule has 3 aromatic rings. The molecule has 8 nitrogen and oxygen atoms in total. The van der Waals surface area contributed by atoms with E-state index in [1.807, 2.05) is 12.1 Å². The van der Waals surface area contributed by atoms with Gasteiger partial charge in [-0.15, -0.1) is 0 Å². The van der Waals surface area contributed by atoms with Gasteiger partial charge >= 0.3 is 0 Å². The van der Waals surface area contributed by atoms with E-state index in [1.165, 1.54) is 38.5 Å². The SMILES string of the molecule is CCCCCCCCNC(=O)/C(=C/c1ccc(/C=C(/NC(=O)c2ccccc2)C(=O)NCCCCCCCC)cc1)NC(=O)c1ccccc1. The Morgan fingerprint density at radius 3 is 1.16 bits per heavy atom. The molecule has 50 heavy (non-hydrogen) atoms. The smallest absolute Gasteiger partial charge is 0.267 e. The Bertz CT molecular complexity index is 1420. The van der Waals surface area contributed by atoms with Crippen LogP contribution in [0.2, 0.25) is 0 Å². The van der Waals surface area contributed by atoms with Crippen LogP contribution in [0.3, 0.4) is 0 Å². The normalized spacial score (nSPS) is 11.5. The minimum absolute atomic E-state index is 0.137. The van der Waals surface area contributed by atoms with E-state index in [9.17, 15) is 19.2 Å². The number of hydrogen-bond acceptors (Lipinski definition) is 4. The summed E-state index contributed by atoms with van der Waals surface area (Å²) < 4.78 is 0. The predicted molar refractivity (Wildman–Crippen MR) is 203 cm³/mol. The number of rotatable bonds is 22.